The first-order valence-corrected chi connectivity index (χ1v) is 10.8. The molecular weight excluding hydrogens is 408 g/mol. The lowest BCUT2D eigenvalue weighted by atomic mass is 9.96. The number of hydrogen-bond acceptors (Lipinski definition) is 3. The highest BCUT2D eigenvalue weighted by molar-refractivity contribution is 5.82. The van der Waals surface area contributed by atoms with Gasteiger partial charge in [-0.15, -0.1) is 0 Å². The molecule has 0 spiro atoms. The number of halogens is 2. The zero-order chi connectivity index (χ0) is 22.5. The summed E-state index contributed by atoms with van der Waals surface area (Å²) in [6.07, 6.45) is 0.508. The maximum Gasteiger partial charge on any atom is 0.239 e. The highest BCUT2D eigenvalue weighted by Crippen LogP contribution is 2.30. The molecule has 1 heterocycles. The molecule has 2 N–H and O–H groups in total. The average Bonchev–Trinajstić information content (AvgIpc) is 2.82. The van der Waals surface area contributed by atoms with Crippen LogP contribution in [-0.2, 0) is 11.2 Å². The van der Waals surface area contributed by atoms with E-state index in [2.05, 4.69) is 4.90 Å². The van der Waals surface area contributed by atoms with Gasteiger partial charge in [0.1, 0.15) is 11.6 Å². The summed E-state index contributed by atoms with van der Waals surface area (Å²) in [6, 6.07) is 21.8. The molecule has 1 aliphatic rings. The van der Waals surface area contributed by atoms with Crippen LogP contribution in [0, 0.1) is 11.6 Å². The first kappa shape index (κ1) is 22.1. The van der Waals surface area contributed by atoms with Crippen LogP contribution < -0.4 is 5.73 Å². The molecule has 1 atom stereocenters. The highest BCUT2D eigenvalue weighted by atomic mass is 19.1. The normalized spacial score (nSPS) is 15.7. The number of piperazine rings is 1. The van der Waals surface area contributed by atoms with Crippen molar-refractivity contribution in [2.75, 3.05) is 26.2 Å². The molecule has 4 rings (SSSR count). The van der Waals surface area contributed by atoms with Crippen LogP contribution in [0.3, 0.4) is 0 Å². The van der Waals surface area contributed by atoms with E-state index in [1.165, 1.54) is 24.3 Å². The number of nitrogens with zero attached hydrogens (tertiary/aromatic N) is 2. The van der Waals surface area contributed by atoms with Crippen molar-refractivity contribution >= 4 is 5.91 Å². The Bertz CT molecular complexity index is 972. The Morgan fingerprint density at radius 1 is 0.781 bits per heavy atom. The van der Waals surface area contributed by atoms with Gasteiger partial charge in [-0.1, -0.05) is 54.6 Å². The van der Waals surface area contributed by atoms with E-state index in [1.54, 1.807) is 24.3 Å². The maximum atomic E-state index is 13.5. The summed E-state index contributed by atoms with van der Waals surface area (Å²) in [7, 11) is 0. The van der Waals surface area contributed by atoms with Crippen molar-refractivity contribution in [2.45, 2.75) is 18.5 Å². The third-order valence-corrected chi connectivity index (χ3v) is 5.98. The molecule has 166 valence electrons. The van der Waals surface area contributed by atoms with Crippen LogP contribution in [0.1, 0.15) is 22.7 Å². The van der Waals surface area contributed by atoms with E-state index in [-0.39, 0.29) is 23.6 Å². The van der Waals surface area contributed by atoms with Crippen LogP contribution in [0.2, 0.25) is 0 Å². The first-order valence-electron chi connectivity index (χ1n) is 10.8. The largest absolute Gasteiger partial charge is 0.339 e. The number of rotatable bonds is 6. The second-order valence-corrected chi connectivity index (χ2v) is 8.16. The van der Waals surface area contributed by atoms with Crippen molar-refractivity contribution in [3.63, 3.8) is 0 Å². The van der Waals surface area contributed by atoms with Crippen LogP contribution in [0.15, 0.2) is 78.9 Å². The highest BCUT2D eigenvalue weighted by Gasteiger charge is 2.30. The summed E-state index contributed by atoms with van der Waals surface area (Å²) in [5.41, 5.74) is 9.11. The van der Waals surface area contributed by atoms with Crippen LogP contribution >= 0.6 is 0 Å². The fourth-order valence-electron chi connectivity index (χ4n) is 4.29. The first-order chi connectivity index (χ1) is 15.5. The van der Waals surface area contributed by atoms with Gasteiger partial charge in [0, 0.05) is 26.2 Å². The van der Waals surface area contributed by atoms with Gasteiger partial charge in [0.15, 0.2) is 0 Å². The van der Waals surface area contributed by atoms with Crippen LogP contribution in [0.4, 0.5) is 8.78 Å². The lowest BCUT2D eigenvalue weighted by Gasteiger charge is -2.40. The molecule has 3 aromatic carbocycles. The zero-order valence-electron chi connectivity index (χ0n) is 17.8. The van der Waals surface area contributed by atoms with E-state index >= 15 is 0 Å². The monoisotopic (exact) mass is 435 g/mol. The van der Waals surface area contributed by atoms with Gasteiger partial charge >= 0.3 is 0 Å². The van der Waals surface area contributed by atoms with Crippen molar-refractivity contribution in [3.8, 4) is 0 Å². The lowest BCUT2D eigenvalue weighted by molar-refractivity contribution is -0.134. The van der Waals surface area contributed by atoms with Crippen LogP contribution in [0.5, 0.6) is 0 Å². The van der Waals surface area contributed by atoms with Gasteiger partial charge in [0.25, 0.3) is 0 Å². The molecule has 0 bridgehead atoms. The predicted molar refractivity (Wildman–Crippen MR) is 121 cm³/mol. The zero-order valence-corrected chi connectivity index (χ0v) is 17.8. The molecule has 0 aliphatic carbocycles. The minimum atomic E-state index is -0.575. The second-order valence-electron chi connectivity index (χ2n) is 8.16. The molecule has 0 aromatic heterocycles. The summed E-state index contributed by atoms with van der Waals surface area (Å²) < 4.78 is 27.0. The number of nitrogens with two attached hydrogens (primary N) is 1. The van der Waals surface area contributed by atoms with E-state index in [0.717, 1.165) is 16.7 Å². The SMILES string of the molecule is NC(Cc1ccccc1)C(=O)N1CCN(C(c2ccc(F)cc2)c2ccc(F)cc2)CC1. The minimum absolute atomic E-state index is 0.0476. The van der Waals surface area contributed by atoms with Gasteiger partial charge in [-0.3, -0.25) is 9.69 Å². The molecule has 1 fully saturated rings. The van der Waals surface area contributed by atoms with Crippen LogP contribution in [-0.4, -0.2) is 47.9 Å². The van der Waals surface area contributed by atoms with Gasteiger partial charge in [-0.2, -0.15) is 0 Å². The van der Waals surface area contributed by atoms with Crippen molar-refractivity contribution in [1.82, 2.24) is 9.80 Å². The van der Waals surface area contributed by atoms with Gasteiger partial charge in [0.05, 0.1) is 12.1 Å². The number of hydrogen-bond donors (Lipinski definition) is 1. The van der Waals surface area contributed by atoms with E-state index in [9.17, 15) is 13.6 Å². The summed E-state index contributed by atoms with van der Waals surface area (Å²) in [5.74, 6) is -0.641. The third-order valence-electron chi connectivity index (χ3n) is 5.98. The fourth-order valence-corrected chi connectivity index (χ4v) is 4.29. The number of carbonyl (C=O) groups excluding carboxylic acids is 1. The van der Waals surface area contributed by atoms with E-state index in [4.69, 9.17) is 5.73 Å². The molecule has 1 amide bonds. The molecule has 3 aromatic rings. The summed E-state index contributed by atoms with van der Waals surface area (Å²) in [6.45, 7) is 2.40. The van der Waals surface area contributed by atoms with E-state index in [0.29, 0.717) is 32.6 Å². The Kier molecular flexibility index (Phi) is 6.93. The van der Waals surface area contributed by atoms with Crippen LogP contribution in [0.25, 0.3) is 0 Å². The smallest absolute Gasteiger partial charge is 0.239 e. The second kappa shape index (κ2) is 10.0. The van der Waals surface area contributed by atoms with Gasteiger partial charge < -0.3 is 10.6 Å². The topological polar surface area (TPSA) is 49.6 Å². The Labute approximate surface area is 187 Å². The number of benzene rings is 3. The van der Waals surface area contributed by atoms with Crippen molar-refractivity contribution in [1.29, 1.82) is 0 Å². The minimum Gasteiger partial charge on any atom is -0.339 e. The van der Waals surface area contributed by atoms with E-state index in [1.807, 2.05) is 35.2 Å². The molecule has 1 unspecified atom stereocenters. The molecular formula is C26H27F2N3O. The van der Waals surface area contributed by atoms with Gasteiger partial charge in [-0.25, -0.2) is 8.78 Å². The average molecular weight is 436 g/mol. The standard InChI is InChI=1S/C26H27F2N3O/c27-22-10-6-20(7-11-22)25(21-8-12-23(28)13-9-21)30-14-16-31(17-15-30)26(32)24(29)18-19-4-2-1-3-5-19/h1-13,24-25H,14-18,29H2. The Morgan fingerprint density at radius 2 is 1.28 bits per heavy atom. The quantitative estimate of drug-likeness (QED) is 0.641. The molecule has 32 heavy (non-hydrogen) atoms. The van der Waals surface area contributed by atoms with E-state index < -0.39 is 6.04 Å². The lowest BCUT2D eigenvalue weighted by Crippen LogP contribution is -2.54. The molecule has 6 heteroatoms. The Balaban J connectivity index is 1.45. The molecule has 0 saturated carbocycles. The predicted octanol–water partition coefficient (Wildman–Crippen LogP) is 3.77. The molecule has 0 radical (unpaired) electrons. The Morgan fingerprint density at radius 3 is 1.78 bits per heavy atom. The number of amides is 1. The van der Waals surface area contributed by atoms with Gasteiger partial charge in [0.2, 0.25) is 5.91 Å². The molecule has 1 aliphatic heterocycles. The molecule has 1 saturated heterocycles. The summed E-state index contributed by atoms with van der Waals surface area (Å²) >= 11 is 0. The maximum absolute atomic E-state index is 13.5. The summed E-state index contributed by atoms with van der Waals surface area (Å²) in [5, 5.41) is 0. The third kappa shape index (κ3) is 5.21. The number of carbonyl (C=O) groups is 1. The fraction of sp³-hybridized carbons (Fsp3) is 0.269. The van der Waals surface area contributed by atoms with Crippen molar-refractivity contribution < 1.29 is 13.6 Å². The van der Waals surface area contributed by atoms with Gasteiger partial charge in [-0.05, 0) is 47.4 Å². The Hall–Kier alpha value is -3.09. The van der Waals surface area contributed by atoms with Crippen molar-refractivity contribution in [3.05, 3.63) is 107 Å². The summed E-state index contributed by atoms with van der Waals surface area (Å²) in [4.78, 5) is 17.0. The van der Waals surface area contributed by atoms with Crippen molar-refractivity contribution in [2.24, 2.45) is 5.73 Å². The molecule has 4 nitrogen and oxygen atoms in total.